The van der Waals surface area contributed by atoms with Crippen LogP contribution in [0.3, 0.4) is 0 Å². The summed E-state index contributed by atoms with van der Waals surface area (Å²) in [6.45, 7) is 1.84. The van der Waals surface area contributed by atoms with Crippen molar-refractivity contribution in [1.29, 1.82) is 0 Å². The minimum atomic E-state index is -0.424. The van der Waals surface area contributed by atoms with Gasteiger partial charge in [0.05, 0.1) is 6.61 Å². The number of ether oxygens (including phenoxy) is 5. The van der Waals surface area contributed by atoms with Gasteiger partial charge in [-0.2, -0.15) is 0 Å². The molecule has 0 saturated carbocycles. The predicted octanol–water partition coefficient (Wildman–Crippen LogP) is 4.65. The minimum Gasteiger partial charge on any atom is -0.493 e. The molecule has 5 nitrogen and oxygen atoms in total. The SMILES string of the molecule is c1ccc2c(c1)OC(c1ccc3c(c1)CC(c1ccc4c(c1)OCCO4)CO3)O2. The molecule has 5 heteroatoms. The van der Waals surface area contributed by atoms with Gasteiger partial charge >= 0.3 is 0 Å². The van der Waals surface area contributed by atoms with Crippen molar-refractivity contribution in [2.24, 2.45) is 0 Å². The molecule has 3 aromatic rings. The highest BCUT2D eigenvalue weighted by molar-refractivity contribution is 5.48. The molecule has 3 aromatic carbocycles. The van der Waals surface area contributed by atoms with Gasteiger partial charge in [0.1, 0.15) is 19.0 Å². The molecule has 146 valence electrons. The van der Waals surface area contributed by atoms with Crippen molar-refractivity contribution in [2.45, 2.75) is 18.6 Å². The molecule has 6 rings (SSSR count). The molecule has 0 bridgehead atoms. The van der Waals surface area contributed by atoms with Crippen molar-refractivity contribution in [2.75, 3.05) is 19.8 Å². The maximum Gasteiger partial charge on any atom is 0.267 e. The molecular formula is C24H20O5. The summed E-state index contributed by atoms with van der Waals surface area (Å²) < 4.78 is 29.4. The van der Waals surface area contributed by atoms with Gasteiger partial charge in [-0.25, -0.2) is 0 Å². The molecule has 29 heavy (non-hydrogen) atoms. The lowest BCUT2D eigenvalue weighted by Crippen LogP contribution is -2.21. The first kappa shape index (κ1) is 16.6. The van der Waals surface area contributed by atoms with Crippen molar-refractivity contribution in [1.82, 2.24) is 0 Å². The second-order valence-electron chi connectivity index (χ2n) is 7.50. The number of para-hydroxylation sites is 2. The fourth-order valence-corrected chi connectivity index (χ4v) is 4.12. The molecule has 3 aliphatic rings. The van der Waals surface area contributed by atoms with Crippen molar-refractivity contribution in [3.8, 4) is 28.7 Å². The summed E-state index contributed by atoms with van der Waals surface area (Å²) >= 11 is 0. The first-order chi connectivity index (χ1) is 14.3. The smallest absolute Gasteiger partial charge is 0.267 e. The molecule has 1 unspecified atom stereocenters. The third kappa shape index (κ3) is 2.94. The van der Waals surface area contributed by atoms with Crippen LogP contribution >= 0.6 is 0 Å². The van der Waals surface area contributed by atoms with Crippen LogP contribution in [0.25, 0.3) is 0 Å². The summed E-state index contributed by atoms with van der Waals surface area (Å²) in [5, 5.41) is 0. The number of benzene rings is 3. The van der Waals surface area contributed by atoms with Gasteiger partial charge in [-0.3, -0.25) is 0 Å². The van der Waals surface area contributed by atoms with E-state index in [0.717, 1.165) is 46.3 Å². The van der Waals surface area contributed by atoms with E-state index in [1.165, 1.54) is 5.56 Å². The van der Waals surface area contributed by atoms with E-state index in [-0.39, 0.29) is 5.92 Å². The average molecular weight is 388 g/mol. The zero-order valence-electron chi connectivity index (χ0n) is 15.8. The molecule has 0 amide bonds. The van der Waals surface area contributed by atoms with E-state index >= 15 is 0 Å². The van der Waals surface area contributed by atoms with E-state index < -0.39 is 6.29 Å². The van der Waals surface area contributed by atoms with Crippen molar-refractivity contribution in [3.05, 3.63) is 77.4 Å². The van der Waals surface area contributed by atoms with E-state index in [9.17, 15) is 0 Å². The van der Waals surface area contributed by atoms with Crippen molar-refractivity contribution < 1.29 is 23.7 Å². The molecule has 1 atom stereocenters. The molecule has 0 saturated heterocycles. The molecule has 0 N–H and O–H groups in total. The van der Waals surface area contributed by atoms with Crippen LogP contribution < -0.4 is 23.7 Å². The molecule has 0 aliphatic carbocycles. The minimum absolute atomic E-state index is 0.260. The standard InChI is InChI=1S/C24H20O5/c1-2-4-22-21(3-1)28-24(29-22)16-6-7-19-17(11-16)12-18(14-27-19)15-5-8-20-23(13-15)26-10-9-25-20/h1-8,11,13,18,24H,9-10,12,14H2. The second-order valence-corrected chi connectivity index (χ2v) is 7.50. The monoisotopic (exact) mass is 388 g/mol. The Kier molecular flexibility index (Phi) is 3.79. The van der Waals surface area contributed by atoms with Crippen LogP contribution in [0.15, 0.2) is 60.7 Å². The zero-order valence-corrected chi connectivity index (χ0v) is 15.8. The number of fused-ring (bicyclic) bond motifs is 3. The maximum absolute atomic E-state index is 6.06. The second kappa shape index (κ2) is 6.62. The third-order valence-corrected chi connectivity index (χ3v) is 5.62. The van der Waals surface area contributed by atoms with Gasteiger partial charge in [0, 0.05) is 11.5 Å². The highest BCUT2D eigenvalue weighted by Gasteiger charge is 2.28. The van der Waals surface area contributed by atoms with Crippen LogP contribution in [0.1, 0.15) is 28.9 Å². The van der Waals surface area contributed by atoms with E-state index in [0.29, 0.717) is 19.8 Å². The lowest BCUT2D eigenvalue weighted by molar-refractivity contribution is 0.0485. The van der Waals surface area contributed by atoms with Crippen LogP contribution in [0.4, 0.5) is 0 Å². The van der Waals surface area contributed by atoms with E-state index in [1.54, 1.807) is 0 Å². The summed E-state index contributed by atoms with van der Waals surface area (Å²) in [5.41, 5.74) is 3.36. The Morgan fingerprint density at radius 3 is 2.17 bits per heavy atom. The van der Waals surface area contributed by atoms with Crippen molar-refractivity contribution in [3.63, 3.8) is 0 Å². The molecule has 3 heterocycles. The number of hydrogen-bond acceptors (Lipinski definition) is 5. The molecule has 3 aliphatic heterocycles. The van der Waals surface area contributed by atoms with Crippen LogP contribution in [0, 0.1) is 0 Å². The van der Waals surface area contributed by atoms with E-state index in [4.69, 9.17) is 23.7 Å². The number of rotatable bonds is 2. The van der Waals surface area contributed by atoms with Crippen LogP contribution in [-0.2, 0) is 6.42 Å². The zero-order chi connectivity index (χ0) is 19.2. The lowest BCUT2D eigenvalue weighted by Gasteiger charge is -2.27. The Balaban J connectivity index is 1.25. The normalized spacial score (nSPS) is 19.4. The largest absolute Gasteiger partial charge is 0.493 e. The highest BCUT2D eigenvalue weighted by Crippen LogP contribution is 2.42. The summed E-state index contributed by atoms with van der Waals surface area (Å²) in [6, 6.07) is 20.1. The first-order valence-electron chi connectivity index (χ1n) is 9.91. The maximum atomic E-state index is 6.06. The summed E-state index contributed by atoms with van der Waals surface area (Å²) in [7, 11) is 0. The fourth-order valence-electron chi connectivity index (χ4n) is 4.12. The highest BCUT2D eigenvalue weighted by atomic mass is 16.7. The van der Waals surface area contributed by atoms with Crippen molar-refractivity contribution >= 4 is 0 Å². The Bertz CT molecular complexity index is 1050. The van der Waals surface area contributed by atoms with Gasteiger partial charge in [0.2, 0.25) is 0 Å². The van der Waals surface area contributed by atoms with Gasteiger partial charge in [-0.1, -0.05) is 18.2 Å². The molecule has 0 spiro atoms. The van der Waals surface area contributed by atoms with Gasteiger partial charge in [0.25, 0.3) is 6.29 Å². The number of hydrogen-bond donors (Lipinski definition) is 0. The average Bonchev–Trinajstić information content (AvgIpc) is 3.22. The first-order valence-corrected chi connectivity index (χ1v) is 9.91. The summed E-state index contributed by atoms with van der Waals surface area (Å²) in [5.74, 6) is 4.38. The van der Waals surface area contributed by atoms with Crippen LogP contribution in [-0.4, -0.2) is 19.8 Å². The topological polar surface area (TPSA) is 46.2 Å². The van der Waals surface area contributed by atoms with E-state index in [1.807, 2.05) is 42.5 Å². The van der Waals surface area contributed by atoms with E-state index in [2.05, 4.69) is 18.2 Å². The quantitative estimate of drug-likeness (QED) is 0.640. The molecule has 0 aromatic heterocycles. The Morgan fingerprint density at radius 1 is 0.621 bits per heavy atom. The van der Waals surface area contributed by atoms with Gasteiger partial charge in [-0.15, -0.1) is 0 Å². The van der Waals surface area contributed by atoms with Crippen LogP contribution in [0.5, 0.6) is 28.7 Å². The predicted molar refractivity (Wildman–Crippen MR) is 106 cm³/mol. The van der Waals surface area contributed by atoms with Gasteiger partial charge < -0.3 is 23.7 Å². The summed E-state index contributed by atoms with van der Waals surface area (Å²) in [4.78, 5) is 0. The molecule has 0 fully saturated rings. The van der Waals surface area contributed by atoms with Crippen LogP contribution in [0.2, 0.25) is 0 Å². The molecular weight excluding hydrogens is 368 g/mol. The summed E-state index contributed by atoms with van der Waals surface area (Å²) in [6.07, 6.45) is 0.468. The lowest BCUT2D eigenvalue weighted by atomic mass is 9.89. The van der Waals surface area contributed by atoms with Gasteiger partial charge in [0.15, 0.2) is 23.0 Å². The fraction of sp³-hybridized carbons (Fsp3) is 0.250. The molecule has 0 radical (unpaired) electrons. The Morgan fingerprint density at radius 2 is 1.34 bits per heavy atom. The Labute approximate surface area is 168 Å². The third-order valence-electron chi connectivity index (χ3n) is 5.62. The Hall–Kier alpha value is -3.34. The van der Waals surface area contributed by atoms with Gasteiger partial charge in [-0.05, 0) is 60.0 Å².